The van der Waals surface area contributed by atoms with Gasteiger partial charge in [-0.3, -0.25) is 13.9 Å². The Morgan fingerprint density at radius 1 is 1.06 bits per heavy atom. The van der Waals surface area contributed by atoms with Gasteiger partial charge in [0.2, 0.25) is 21.8 Å². The van der Waals surface area contributed by atoms with Crippen molar-refractivity contribution in [3.05, 3.63) is 64.2 Å². The van der Waals surface area contributed by atoms with E-state index in [2.05, 4.69) is 5.32 Å². The molecule has 9 heteroatoms. The molecule has 0 heterocycles. The summed E-state index contributed by atoms with van der Waals surface area (Å²) in [4.78, 5) is 27.7. The van der Waals surface area contributed by atoms with E-state index >= 15 is 0 Å². The minimum Gasteiger partial charge on any atom is -0.354 e. The predicted molar refractivity (Wildman–Crippen MR) is 147 cm³/mol. The van der Waals surface area contributed by atoms with Gasteiger partial charge >= 0.3 is 0 Å². The summed E-state index contributed by atoms with van der Waals surface area (Å²) in [6, 6.07) is 12.0. The third-order valence-corrected chi connectivity index (χ3v) is 7.51. The predicted octanol–water partition coefficient (Wildman–Crippen LogP) is 4.69. The fourth-order valence-electron chi connectivity index (χ4n) is 3.86. The SMILES string of the molecule is Cc1cccc(N(CCCC(=O)N(Cc2cccc(Cl)c2)[C@@H](C)C(=O)NCC(C)C)S(C)(=O)=O)c1C. The fourth-order valence-corrected chi connectivity index (χ4v) is 5.08. The lowest BCUT2D eigenvalue weighted by molar-refractivity contribution is -0.140. The zero-order valence-corrected chi connectivity index (χ0v) is 23.6. The first-order valence-corrected chi connectivity index (χ1v) is 14.4. The molecule has 0 unspecified atom stereocenters. The average molecular weight is 536 g/mol. The number of amides is 2. The first kappa shape index (κ1) is 29.6. The second kappa shape index (κ2) is 13.1. The number of aryl methyl sites for hydroxylation is 1. The van der Waals surface area contributed by atoms with Crippen LogP contribution < -0.4 is 9.62 Å². The van der Waals surface area contributed by atoms with Gasteiger partial charge in [0.1, 0.15) is 6.04 Å². The summed E-state index contributed by atoms with van der Waals surface area (Å²) < 4.78 is 26.5. The highest BCUT2D eigenvalue weighted by molar-refractivity contribution is 7.92. The molecule has 0 saturated carbocycles. The number of hydrogen-bond donors (Lipinski definition) is 1. The van der Waals surface area contributed by atoms with Gasteiger partial charge in [0.15, 0.2) is 0 Å². The van der Waals surface area contributed by atoms with E-state index in [1.165, 1.54) is 15.5 Å². The van der Waals surface area contributed by atoms with Gasteiger partial charge < -0.3 is 10.2 Å². The van der Waals surface area contributed by atoms with Crippen LogP contribution in [0.15, 0.2) is 42.5 Å². The van der Waals surface area contributed by atoms with Crippen LogP contribution in [0.1, 0.15) is 50.3 Å². The Morgan fingerprint density at radius 3 is 2.33 bits per heavy atom. The van der Waals surface area contributed by atoms with Crippen molar-refractivity contribution in [2.45, 2.75) is 60.0 Å². The Morgan fingerprint density at radius 2 is 1.72 bits per heavy atom. The molecule has 7 nitrogen and oxygen atoms in total. The molecule has 0 aliphatic carbocycles. The van der Waals surface area contributed by atoms with E-state index in [-0.39, 0.29) is 37.2 Å². The van der Waals surface area contributed by atoms with Crippen molar-refractivity contribution in [3.8, 4) is 0 Å². The highest BCUT2D eigenvalue weighted by atomic mass is 35.5. The zero-order chi connectivity index (χ0) is 27.0. The molecule has 0 aromatic heterocycles. The van der Waals surface area contributed by atoms with Crippen molar-refractivity contribution < 1.29 is 18.0 Å². The van der Waals surface area contributed by atoms with Crippen LogP contribution in [0, 0.1) is 19.8 Å². The van der Waals surface area contributed by atoms with E-state index in [9.17, 15) is 18.0 Å². The van der Waals surface area contributed by atoms with Gasteiger partial charge in [-0.15, -0.1) is 0 Å². The lowest BCUT2D eigenvalue weighted by atomic mass is 10.1. The first-order chi connectivity index (χ1) is 16.8. The van der Waals surface area contributed by atoms with Gasteiger partial charge in [-0.2, -0.15) is 0 Å². The largest absolute Gasteiger partial charge is 0.354 e. The molecular formula is C27H38ClN3O4S. The van der Waals surface area contributed by atoms with E-state index in [1.54, 1.807) is 31.2 Å². The first-order valence-electron chi connectivity index (χ1n) is 12.2. The normalized spacial score (nSPS) is 12.3. The third-order valence-electron chi connectivity index (χ3n) is 6.09. The van der Waals surface area contributed by atoms with Gasteiger partial charge in [0, 0.05) is 31.1 Å². The second-order valence-electron chi connectivity index (χ2n) is 9.62. The molecule has 0 aliphatic heterocycles. The molecule has 0 aliphatic rings. The smallest absolute Gasteiger partial charge is 0.242 e. The summed E-state index contributed by atoms with van der Waals surface area (Å²) >= 11 is 6.13. The molecule has 0 spiro atoms. The summed E-state index contributed by atoms with van der Waals surface area (Å²) in [5.41, 5.74) is 3.30. The molecule has 2 aromatic rings. The lowest BCUT2D eigenvalue weighted by Crippen LogP contribution is -2.48. The number of nitrogens with zero attached hydrogens (tertiary/aromatic N) is 2. The molecule has 0 bridgehead atoms. The number of hydrogen-bond acceptors (Lipinski definition) is 4. The van der Waals surface area contributed by atoms with Crippen LogP contribution in [0.5, 0.6) is 0 Å². The summed E-state index contributed by atoms with van der Waals surface area (Å²) in [5.74, 6) is -0.172. The molecule has 2 aromatic carbocycles. The van der Waals surface area contributed by atoms with Crippen molar-refractivity contribution in [1.82, 2.24) is 10.2 Å². The number of nitrogens with one attached hydrogen (secondary N) is 1. The summed E-state index contributed by atoms with van der Waals surface area (Å²) in [7, 11) is -3.54. The molecule has 198 valence electrons. The minimum absolute atomic E-state index is 0.0965. The highest BCUT2D eigenvalue weighted by Gasteiger charge is 2.27. The van der Waals surface area contributed by atoms with Gasteiger partial charge in [-0.1, -0.05) is 49.7 Å². The van der Waals surface area contributed by atoms with Gasteiger partial charge in [0.25, 0.3) is 0 Å². The second-order valence-corrected chi connectivity index (χ2v) is 12.0. The van der Waals surface area contributed by atoms with Crippen molar-refractivity contribution in [2.24, 2.45) is 5.92 Å². The summed E-state index contributed by atoms with van der Waals surface area (Å²) in [6.45, 7) is 10.4. The number of carbonyl (C=O) groups excluding carboxylic acids is 2. The monoisotopic (exact) mass is 535 g/mol. The van der Waals surface area contributed by atoms with Crippen LogP contribution in [-0.2, 0) is 26.2 Å². The number of carbonyl (C=O) groups is 2. The van der Waals surface area contributed by atoms with Crippen molar-refractivity contribution in [2.75, 3.05) is 23.7 Å². The molecule has 2 amide bonds. The number of anilines is 1. The Balaban J connectivity index is 2.20. The fraction of sp³-hybridized carbons (Fsp3) is 0.481. The number of benzene rings is 2. The maximum Gasteiger partial charge on any atom is 0.242 e. The Hall–Kier alpha value is -2.58. The Kier molecular flexibility index (Phi) is 10.8. The van der Waals surface area contributed by atoms with Crippen LogP contribution in [0.2, 0.25) is 5.02 Å². The standard InChI is InChI=1S/C27H38ClN3O4S/c1-19(2)17-29-27(33)22(5)30(18-23-11-8-12-24(28)16-23)26(32)14-9-15-31(36(6,34)35)25-13-7-10-20(3)21(25)4/h7-8,10-13,16,19,22H,9,14-15,17-18H2,1-6H3,(H,29,33)/t22-/m0/s1. The number of rotatable bonds is 12. The van der Waals surface area contributed by atoms with Crippen molar-refractivity contribution >= 4 is 39.1 Å². The van der Waals surface area contributed by atoms with Gasteiger partial charge in [-0.05, 0) is 68.0 Å². The lowest BCUT2D eigenvalue weighted by Gasteiger charge is -2.30. The van der Waals surface area contributed by atoms with E-state index in [4.69, 9.17) is 11.6 Å². The molecular weight excluding hydrogens is 498 g/mol. The average Bonchev–Trinajstić information content (AvgIpc) is 2.79. The maximum absolute atomic E-state index is 13.4. The van der Waals surface area contributed by atoms with Crippen LogP contribution in [0.4, 0.5) is 5.69 Å². The molecule has 0 fully saturated rings. The molecule has 2 rings (SSSR count). The topological polar surface area (TPSA) is 86.8 Å². The van der Waals surface area contributed by atoms with Crippen molar-refractivity contribution in [1.29, 1.82) is 0 Å². The summed E-state index contributed by atoms with van der Waals surface area (Å²) in [6.07, 6.45) is 1.58. The van der Waals surface area contributed by atoms with E-state index in [1.807, 2.05) is 45.9 Å². The Labute approximate surface area is 220 Å². The maximum atomic E-state index is 13.4. The highest BCUT2D eigenvalue weighted by Crippen LogP contribution is 2.25. The number of sulfonamides is 1. The van der Waals surface area contributed by atoms with Crippen LogP contribution >= 0.6 is 11.6 Å². The zero-order valence-electron chi connectivity index (χ0n) is 22.0. The number of halogens is 1. The van der Waals surface area contributed by atoms with Crippen LogP contribution in [-0.4, -0.2) is 50.5 Å². The quantitative estimate of drug-likeness (QED) is 0.427. The molecule has 36 heavy (non-hydrogen) atoms. The Bertz CT molecular complexity index is 1170. The minimum atomic E-state index is -3.54. The van der Waals surface area contributed by atoms with Gasteiger partial charge in [0.05, 0.1) is 11.9 Å². The van der Waals surface area contributed by atoms with Crippen LogP contribution in [0.25, 0.3) is 0 Å². The van der Waals surface area contributed by atoms with Crippen LogP contribution in [0.3, 0.4) is 0 Å². The molecule has 0 saturated heterocycles. The molecule has 1 atom stereocenters. The van der Waals surface area contributed by atoms with E-state index in [0.717, 1.165) is 16.7 Å². The summed E-state index contributed by atoms with van der Waals surface area (Å²) in [5, 5.41) is 3.45. The third kappa shape index (κ3) is 8.52. The molecule has 1 N–H and O–H groups in total. The van der Waals surface area contributed by atoms with Crippen molar-refractivity contribution in [3.63, 3.8) is 0 Å². The van der Waals surface area contributed by atoms with E-state index in [0.29, 0.717) is 23.7 Å². The molecule has 0 radical (unpaired) electrons. The van der Waals surface area contributed by atoms with E-state index < -0.39 is 16.1 Å². The van der Waals surface area contributed by atoms with Gasteiger partial charge in [-0.25, -0.2) is 8.42 Å².